The van der Waals surface area contributed by atoms with Crippen LogP contribution < -0.4 is 20.7 Å². The molecule has 0 heterocycles. The average molecular weight is 476 g/mol. The minimum Gasteiger partial charge on any atom is -0.483 e. The van der Waals surface area contributed by atoms with Gasteiger partial charge in [-0.3, -0.25) is 14.4 Å². The Morgan fingerprint density at radius 2 is 1.73 bits per heavy atom. The van der Waals surface area contributed by atoms with Crippen LogP contribution in [-0.2, 0) is 9.59 Å². The maximum absolute atomic E-state index is 12.5. The molecule has 0 aromatic heterocycles. The van der Waals surface area contributed by atoms with Gasteiger partial charge in [0.15, 0.2) is 6.61 Å². The van der Waals surface area contributed by atoms with Gasteiger partial charge in [0.25, 0.3) is 11.8 Å². The number of anilines is 1. The van der Waals surface area contributed by atoms with Crippen molar-refractivity contribution in [1.29, 1.82) is 0 Å². The molecule has 160 valence electrons. The summed E-state index contributed by atoms with van der Waals surface area (Å²) in [4.78, 5) is 36.4. The largest absolute Gasteiger partial charge is 0.483 e. The molecule has 30 heavy (non-hydrogen) atoms. The van der Waals surface area contributed by atoms with E-state index in [-0.39, 0.29) is 43.3 Å². The minimum absolute atomic E-state index is 0.103. The number of rotatable bonds is 10. The molecular weight excluding hydrogens is 450 g/mol. The van der Waals surface area contributed by atoms with E-state index in [0.29, 0.717) is 17.0 Å². The van der Waals surface area contributed by atoms with Crippen LogP contribution in [0.3, 0.4) is 0 Å². The Hall–Kier alpha value is -2.87. The molecular formula is C22H26BrN3O4. The molecule has 0 saturated carbocycles. The average Bonchev–Trinajstić information content (AvgIpc) is 2.74. The van der Waals surface area contributed by atoms with Crippen molar-refractivity contribution in [3.63, 3.8) is 0 Å². The second-order valence-electron chi connectivity index (χ2n) is 6.72. The summed E-state index contributed by atoms with van der Waals surface area (Å²) in [5.74, 6) is -0.520. The Kier molecular flexibility index (Phi) is 9.34. The van der Waals surface area contributed by atoms with Gasteiger partial charge < -0.3 is 20.7 Å². The van der Waals surface area contributed by atoms with Gasteiger partial charge in [-0.1, -0.05) is 35.0 Å². The zero-order chi connectivity index (χ0) is 21.9. The molecule has 0 spiro atoms. The summed E-state index contributed by atoms with van der Waals surface area (Å²) in [6.45, 7) is 3.89. The fourth-order valence-electron chi connectivity index (χ4n) is 2.49. The number of halogens is 1. The number of hydrogen-bond acceptors (Lipinski definition) is 4. The van der Waals surface area contributed by atoms with Gasteiger partial charge in [0, 0.05) is 29.2 Å². The number of para-hydroxylation sites is 1. The molecule has 7 nitrogen and oxygen atoms in total. The Balaban J connectivity index is 1.85. The highest BCUT2D eigenvalue weighted by molar-refractivity contribution is 9.10. The fourth-order valence-corrected chi connectivity index (χ4v) is 2.75. The van der Waals surface area contributed by atoms with Crippen molar-refractivity contribution in [3.05, 3.63) is 58.6 Å². The summed E-state index contributed by atoms with van der Waals surface area (Å²) in [6.07, 6.45) is 1.03. The third-order valence-corrected chi connectivity index (χ3v) is 4.80. The lowest BCUT2D eigenvalue weighted by molar-refractivity contribution is -0.121. The Morgan fingerprint density at radius 1 is 1.03 bits per heavy atom. The third-order valence-electron chi connectivity index (χ3n) is 4.28. The van der Waals surface area contributed by atoms with Crippen molar-refractivity contribution < 1.29 is 19.1 Å². The van der Waals surface area contributed by atoms with Gasteiger partial charge >= 0.3 is 0 Å². The highest BCUT2D eigenvalue weighted by Gasteiger charge is 2.14. The van der Waals surface area contributed by atoms with E-state index in [4.69, 9.17) is 4.74 Å². The number of benzene rings is 2. The predicted octanol–water partition coefficient (Wildman–Crippen LogP) is 3.50. The molecule has 8 heteroatoms. The van der Waals surface area contributed by atoms with E-state index in [1.807, 2.05) is 26.0 Å². The molecule has 1 unspecified atom stereocenters. The Bertz CT molecular complexity index is 871. The normalized spacial score (nSPS) is 11.3. The number of hydrogen-bond donors (Lipinski definition) is 3. The van der Waals surface area contributed by atoms with Crippen molar-refractivity contribution in [3.8, 4) is 5.75 Å². The second kappa shape index (κ2) is 12.0. The molecule has 0 aliphatic rings. The van der Waals surface area contributed by atoms with E-state index in [1.165, 1.54) is 0 Å². The second-order valence-corrected chi connectivity index (χ2v) is 7.64. The number of carbonyl (C=O) groups excluding carboxylic acids is 3. The topological polar surface area (TPSA) is 96.5 Å². The van der Waals surface area contributed by atoms with Crippen molar-refractivity contribution in [2.45, 2.75) is 32.7 Å². The SMILES string of the molecule is CCC(C)NC(=O)CCNC(=O)c1ccccc1OCC(=O)Nc1ccc(Br)cc1. The van der Waals surface area contributed by atoms with Crippen molar-refractivity contribution in [2.24, 2.45) is 0 Å². The predicted molar refractivity (Wildman–Crippen MR) is 120 cm³/mol. The molecule has 2 rings (SSSR count). The zero-order valence-electron chi connectivity index (χ0n) is 17.0. The first-order chi connectivity index (χ1) is 14.4. The summed E-state index contributed by atoms with van der Waals surface area (Å²) < 4.78 is 6.46. The van der Waals surface area contributed by atoms with Gasteiger partial charge in [-0.05, 0) is 49.7 Å². The van der Waals surface area contributed by atoms with Crippen LogP contribution in [0.2, 0.25) is 0 Å². The molecule has 0 aliphatic carbocycles. The first-order valence-corrected chi connectivity index (χ1v) is 10.5. The molecule has 2 aromatic carbocycles. The zero-order valence-corrected chi connectivity index (χ0v) is 18.6. The monoisotopic (exact) mass is 475 g/mol. The first-order valence-electron chi connectivity index (χ1n) is 9.73. The van der Waals surface area contributed by atoms with Gasteiger partial charge in [-0.2, -0.15) is 0 Å². The van der Waals surface area contributed by atoms with E-state index >= 15 is 0 Å². The van der Waals surface area contributed by atoms with Gasteiger partial charge in [0.05, 0.1) is 5.56 Å². The van der Waals surface area contributed by atoms with E-state index in [1.54, 1.807) is 36.4 Å². The fraction of sp³-hybridized carbons (Fsp3) is 0.318. The van der Waals surface area contributed by atoms with E-state index in [2.05, 4.69) is 31.9 Å². The molecule has 1 atom stereocenters. The molecule has 0 aliphatic heterocycles. The van der Waals surface area contributed by atoms with E-state index in [0.717, 1.165) is 10.9 Å². The minimum atomic E-state index is -0.366. The van der Waals surface area contributed by atoms with Crippen LogP contribution in [-0.4, -0.2) is 36.9 Å². The van der Waals surface area contributed by atoms with Crippen LogP contribution in [0.1, 0.15) is 37.0 Å². The number of amides is 3. The van der Waals surface area contributed by atoms with Gasteiger partial charge in [-0.25, -0.2) is 0 Å². The van der Waals surface area contributed by atoms with Gasteiger partial charge in [0.2, 0.25) is 5.91 Å². The Morgan fingerprint density at radius 3 is 2.43 bits per heavy atom. The lowest BCUT2D eigenvalue weighted by Crippen LogP contribution is -2.35. The van der Waals surface area contributed by atoms with Crippen LogP contribution in [0, 0.1) is 0 Å². The number of nitrogens with one attached hydrogen (secondary N) is 3. The first kappa shape index (κ1) is 23.4. The molecule has 0 fully saturated rings. The van der Waals surface area contributed by atoms with Crippen LogP contribution in [0.5, 0.6) is 5.75 Å². The van der Waals surface area contributed by atoms with Gasteiger partial charge in [0.1, 0.15) is 5.75 Å². The van der Waals surface area contributed by atoms with Crippen molar-refractivity contribution >= 4 is 39.3 Å². The quantitative estimate of drug-likeness (QED) is 0.489. The lowest BCUT2D eigenvalue weighted by atomic mass is 10.2. The number of ether oxygens (including phenoxy) is 1. The summed E-state index contributed by atoms with van der Waals surface area (Å²) in [5.41, 5.74) is 0.949. The Labute approximate surface area is 184 Å². The third kappa shape index (κ3) is 7.87. The molecule has 0 bridgehead atoms. The highest BCUT2D eigenvalue weighted by Crippen LogP contribution is 2.18. The number of carbonyl (C=O) groups is 3. The summed E-state index contributed by atoms with van der Waals surface area (Å²) in [6, 6.07) is 13.9. The van der Waals surface area contributed by atoms with E-state index < -0.39 is 0 Å². The van der Waals surface area contributed by atoms with Crippen LogP contribution >= 0.6 is 15.9 Å². The maximum atomic E-state index is 12.5. The molecule has 3 amide bonds. The lowest BCUT2D eigenvalue weighted by Gasteiger charge is -2.13. The maximum Gasteiger partial charge on any atom is 0.262 e. The van der Waals surface area contributed by atoms with E-state index in [9.17, 15) is 14.4 Å². The highest BCUT2D eigenvalue weighted by atomic mass is 79.9. The molecule has 0 saturated heterocycles. The van der Waals surface area contributed by atoms with Crippen LogP contribution in [0.4, 0.5) is 5.69 Å². The smallest absolute Gasteiger partial charge is 0.262 e. The van der Waals surface area contributed by atoms with Crippen molar-refractivity contribution in [1.82, 2.24) is 10.6 Å². The summed E-state index contributed by atoms with van der Waals surface area (Å²) in [5, 5.41) is 8.28. The van der Waals surface area contributed by atoms with Crippen LogP contribution in [0.25, 0.3) is 0 Å². The van der Waals surface area contributed by atoms with Gasteiger partial charge in [-0.15, -0.1) is 0 Å². The summed E-state index contributed by atoms with van der Waals surface area (Å²) in [7, 11) is 0. The summed E-state index contributed by atoms with van der Waals surface area (Å²) >= 11 is 3.34. The molecule has 3 N–H and O–H groups in total. The van der Waals surface area contributed by atoms with Crippen molar-refractivity contribution in [2.75, 3.05) is 18.5 Å². The molecule has 0 radical (unpaired) electrons. The van der Waals surface area contributed by atoms with Crippen LogP contribution in [0.15, 0.2) is 53.0 Å². The molecule has 2 aromatic rings. The standard InChI is InChI=1S/C22H26BrN3O4/c1-3-15(2)25-20(27)12-13-24-22(29)18-6-4-5-7-19(18)30-14-21(28)26-17-10-8-16(23)9-11-17/h4-11,15H,3,12-14H2,1-2H3,(H,24,29)(H,25,27)(H,26,28).